The third-order valence-electron chi connectivity index (χ3n) is 1.99. The minimum absolute atomic E-state index is 0.823. The average Bonchev–Trinajstić information content (AvgIpc) is 2.70. The molecule has 0 saturated carbocycles. The zero-order valence-electron chi connectivity index (χ0n) is 7.69. The van der Waals surface area contributed by atoms with Gasteiger partial charge in [-0.25, -0.2) is 0 Å². The van der Waals surface area contributed by atoms with Crippen LogP contribution < -0.4 is 4.74 Å². The number of methoxy groups -OCH3 is 1. The van der Waals surface area contributed by atoms with Crippen molar-refractivity contribution in [2.24, 2.45) is 0 Å². The van der Waals surface area contributed by atoms with Crippen molar-refractivity contribution in [1.29, 1.82) is 0 Å². The molecule has 0 radical (unpaired) electrons. The molecule has 1 N–H and O–H groups in total. The molecule has 0 amide bonds. The fourth-order valence-electron chi connectivity index (χ4n) is 1.32. The largest absolute Gasteiger partial charge is 0.496 e. The van der Waals surface area contributed by atoms with E-state index in [1.54, 1.807) is 13.3 Å². The fraction of sp³-hybridized carbons (Fsp3) is 0.100. The molecule has 1 heterocycles. The van der Waals surface area contributed by atoms with E-state index in [2.05, 4.69) is 22.8 Å². The van der Waals surface area contributed by atoms with E-state index in [0.717, 1.165) is 21.8 Å². The molecule has 0 atom stereocenters. The van der Waals surface area contributed by atoms with Crippen LogP contribution in [0.5, 0.6) is 5.75 Å². The maximum absolute atomic E-state index is 5.25. The first-order valence-electron chi connectivity index (χ1n) is 4.17. The zero-order valence-corrected chi connectivity index (χ0v) is 8.58. The molecule has 0 spiro atoms. The van der Waals surface area contributed by atoms with Crippen molar-refractivity contribution >= 4 is 12.6 Å². The van der Waals surface area contributed by atoms with E-state index < -0.39 is 0 Å². The van der Waals surface area contributed by atoms with Gasteiger partial charge in [-0.15, -0.1) is 12.6 Å². The lowest BCUT2D eigenvalue weighted by Gasteiger charge is -2.06. The average molecular weight is 206 g/mol. The Hall–Kier alpha value is -1.42. The van der Waals surface area contributed by atoms with Gasteiger partial charge in [0.25, 0.3) is 0 Å². The van der Waals surface area contributed by atoms with Crippen molar-refractivity contribution < 1.29 is 4.74 Å². The number of aromatic nitrogens is 2. The minimum atomic E-state index is 0.823. The number of nitrogens with one attached hydrogen (secondary N) is 1. The molecule has 2 rings (SSSR count). The van der Waals surface area contributed by atoms with Crippen molar-refractivity contribution in [2.75, 3.05) is 7.11 Å². The van der Waals surface area contributed by atoms with Crippen molar-refractivity contribution in [3.05, 3.63) is 30.6 Å². The first-order chi connectivity index (χ1) is 6.81. The monoisotopic (exact) mass is 206 g/mol. The molecule has 14 heavy (non-hydrogen) atoms. The molecule has 1 aromatic carbocycles. The third kappa shape index (κ3) is 1.61. The standard InChI is InChI=1S/C10H10N2OS/c1-13-10-3-2-8(14)4-9(10)7-5-11-12-6-7/h2-6,14H,1H3,(H,11,12). The van der Waals surface area contributed by atoms with Gasteiger partial charge in [-0.1, -0.05) is 0 Å². The number of aromatic amines is 1. The van der Waals surface area contributed by atoms with Crippen molar-refractivity contribution in [1.82, 2.24) is 10.2 Å². The Morgan fingerprint density at radius 1 is 1.43 bits per heavy atom. The Labute approximate surface area is 87.5 Å². The van der Waals surface area contributed by atoms with Crippen LogP contribution in [0.25, 0.3) is 11.1 Å². The second-order valence-electron chi connectivity index (χ2n) is 2.87. The van der Waals surface area contributed by atoms with E-state index in [1.165, 1.54) is 0 Å². The highest BCUT2D eigenvalue weighted by atomic mass is 32.1. The van der Waals surface area contributed by atoms with Gasteiger partial charge < -0.3 is 4.74 Å². The zero-order chi connectivity index (χ0) is 9.97. The Morgan fingerprint density at radius 3 is 2.93 bits per heavy atom. The molecule has 0 saturated heterocycles. The quantitative estimate of drug-likeness (QED) is 0.740. The van der Waals surface area contributed by atoms with Gasteiger partial charge in [-0.2, -0.15) is 5.10 Å². The maximum atomic E-state index is 5.25. The predicted octanol–water partition coefficient (Wildman–Crippen LogP) is 2.37. The van der Waals surface area contributed by atoms with Crippen LogP contribution in [0.15, 0.2) is 35.5 Å². The Morgan fingerprint density at radius 2 is 2.29 bits per heavy atom. The first-order valence-corrected chi connectivity index (χ1v) is 4.62. The van der Waals surface area contributed by atoms with E-state index in [0.29, 0.717) is 0 Å². The second kappa shape index (κ2) is 3.75. The van der Waals surface area contributed by atoms with Gasteiger partial charge in [-0.05, 0) is 18.2 Å². The minimum Gasteiger partial charge on any atom is -0.496 e. The lowest BCUT2D eigenvalue weighted by molar-refractivity contribution is 0.416. The van der Waals surface area contributed by atoms with E-state index >= 15 is 0 Å². The van der Waals surface area contributed by atoms with Crippen LogP contribution in [-0.2, 0) is 0 Å². The van der Waals surface area contributed by atoms with Crippen LogP contribution in [0.3, 0.4) is 0 Å². The highest BCUT2D eigenvalue weighted by Gasteiger charge is 2.06. The molecular formula is C10H10N2OS. The molecule has 0 aliphatic heterocycles. The summed E-state index contributed by atoms with van der Waals surface area (Å²) in [6.07, 6.45) is 3.58. The SMILES string of the molecule is COc1ccc(S)cc1-c1cn[nH]c1. The smallest absolute Gasteiger partial charge is 0.126 e. The normalized spacial score (nSPS) is 10.1. The van der Waals surface area contributed by atoms with E-state index in [1.807, 2.05) is 24.4 Å². The molecule has 72 valence electrons. The summed E-state index contributed by atoms with van der Waals surface area (Å²) in [4.78, 5) is 0.905. The topological polar surface area (TPSA) is 37.9 Å². The molecule has 2 aromatic rings. The van der Waals surface area contributed by atoms with Gasteiger partial charge in [0.15, 0.2) is 0 Å². The van der Waals surface area contributed by atoms with Crippen molar-refractivity contribution in [3.63, 3.8) is 0 Å². The molecule has 0 fully saturated rings. The summed E-state index contributed by atoms with van der Waals surface area (Å²) < 4.78 is 5.25. The number of hydrogen-bond donors (Lipinski definition) is 2. The van der Waals surface area contributed by atoms with Gasteiger partial charge >= 0.3 is 0 Å². The molecule has 0 unspecified atom stereocenters. The summed E-state index contributed by atoms with van der Waals surface area (Å²) in [5, 5.41) is 6.67. The first kappa shape index (κ1) is 9.15. The number of thiol groups is 1. The van der Waals surface area contributed by atoms with E-state index in [4.69, 9.17) is 4.74 Å². The van der Waals surface area contributed by atoms with E-state index in [9.17, 15) is 0 Å². The molecule has 0 bridgehead atoms. The number of H-pyrrole nitrogens is 1. The number of benzene rings is 1. The van der Waals surface area contributed by atoms with Crippen LogP contribution in [-0.4, -0.2) is 17.3 Å². The summed E-state index contributed by atoms with van der Waals surface area (Å²) in [5.41, 5.74) is 1.99. The summed E-state index contributed by atoms with van der Waals surface area (Å²) in [6.45, 7) is 0. The van der Waals surface area contributed by atoms with E-state index in [-0.39, 0.29) is 0 Å². The van der Waals surface area contributed by atoms with Gasteiger partial charge in [0, 0.05) is 22.2 Å². The van der Waals surface area contributed by atoms with Gasteiger partial charge in [0.05, 0.1) is 13.3 Å². The van der Waals surface area contributed by atoms with Gasteiger partial charge in [0.2, 0.25) is 0 Å². The Bertz CT molecular complexity index is 426. The number of nitrogens with zero attached hydrogens (tertiary/aromatic N) is 1. The molecule has 4 heteroatoms. The highest BCUT2D eigenvalue weighted by molar-refractivity contribution is 7.80. The van der Waals surface area contributed by atoms with Crippen molar-refractivity contribution in [2.45, 2.75) is 4.90 Å². The van der Waals surface area contributed by atoms with Crippen LogP contribution in [0.1, 0.15) is 0 Å². The lowest BCUT2D eigenvalue weighted by Crippen LogP contribution is -1.86. The number of rotatable bonds is 2. The Balaban J connectivity index is 2.55. The predicted molar refractivity (Wildman–Crippen MR) is 57.8 cm³/mol. The molecule has 0 aliphatic rings. The van der Waals surface area contributed by atoms with Gasteiger partial charge in [-0.3, -0.25) is 5.10 Å². The molecule has 1 aromatic heterocycles. The lowest BCUT2D eigenvalue weighted by atomic mass is 10.1. The molecule has 3 nitrogen and oxygen atoms in total. The second-order valence-corrected chi connectivity index (χ2v) is 3.39. The summed E-state index contributed by atoms with van der Waals surface area (Å²) in [5.74, 6) is 0.823. The number of ether oxygens (including phenoxy) is 1. The fourth-order valence-corrected chi connectivity index (χ4v) is 1.52. The van der Waals surface area contributed by atoms with Crippen LogP contribution in [0.2, 0.25) is 0 Å². The highest BCUT2D eigenvalue weighted by Crippen LogP contribution is 2.30. The van der Waals surface area contributed by atoms with Crippen molar-refractivity contribution in [3.8, 4) is 16.9 Å². The van der Waals surface area contributed by atoms with Gasteiger partial charge in [0.1, 0.15) is 5.75 Å². The Kier molecular flexibility index (Phi) is 2.45. The molecule has 0 aliphatic carbocycles. The summed E-state index contributed by atoms with van der Waals surface area (Å²) in [6, 6.07) is 5.74. The third-order valence-corrected chi connectivity index (χ3v) is 2.27. The number of hydrogen-bond acceptors (Lipinski definition) is 3. The molecular weight excluding hydrogens is 196 g/mol. The van der Waals surface area contributed by atoms with Crippen LogP contribution >= 0.6 is 12.6 Å². The maximum Gasteiger partial charge on any atom is 0.126 e. The van der Waals surface area contributed by atoms with Crippen LogP contribution in [0.4, 0.5) is 0 Å². The summed E-state index contributed by atoms with van der Waals surface area (Å²) in [7, 11) is 1.65. The van der Waals surface area contributed by atoms with Crippen LogP contribution in [0, 0.1) is 0 Å². The summed E-state index contributed by atoms with van der Waals surface area (Å²) >= 11 is 4.29.